The van der Waals surface area contributed by atoms with Crippen LogP contribution in [0.25, 0.3) is 0 Å². The molecular formula is C15H24N2O2. The van der Waals surface area contributed by atoms with Crippen molar-refractivity contribution in [2.75, 3.05) is 0 Å². The predicted molar refractivity (Wildman–Crippen MR) is 75.0 cm³/mol. The highest BCUT2D eigenvalue weighted by molar-refractivity contribution is 4.95. The van der Waals surface area contributed by atoms with Gasteiger partial charge in [-0.05, 0) is 30.6 Å². The van der Waals surface area contributed by atoms with Crippen LogP contribution < -0.4 is 5.56 Å². The topological polar surface area (TPSA) is 55.1 Å². The van der Waals surface area contributed by atoms with E-state index in [9.17, 15) is 9.90 Å². The number of aliphatic hydroxyl groups is 1. The van der Waals surface area contributed by atoms with E-state index < -0.39 is 0 Å². The Hall–Kier alpha value is -1.16. The Bertz CT molecular complexity index is 481. The van der Waals surface area contributed by atoms with Crippen molar-refractivity contribution >= 4 is 0 Å². The summed E-state index contributed by atoms with van der Waals surface area (Å²) in [6, 6.07) is 0.0780. The van der Waals surface area contributed by atoms with E-state index in [1.807, 2.05) is 0 Å². The fraction of sp³-hybridized carbons (Fsp3) is 0.733. The molecule has 0 bridgehead atoms. The first kappa shape index (κ1) is 14.3. The molecule has 1 aromatic rings. The minimum Gasteiger partial charge on any atom is -0.393 e. The zero-order chi connectivity index (χ0) is 14.0. The maximum absolute atomic E-state index is 12.0. The first-order valence-electron chi connectivity index (χ1n) is 7.16. The Morgan fingerprint density at radius 2 is 2.21 bits per heavy atom. The van der Waals surface area contributed by atoms with Crippen LogP contribution in [0.2, 0.25) is 0 Å². The molecule has 1 fully saturated rings. The van der Waals surface area contributed by atoms with Crippen LogP contribution in [0.15, 0.2) is 23.4 Å². The van der Waals surface area contributed by atoms with Crippen molar-refractivity contribution in [2.24, 2.45) is 11.3 Å². The summed E-state index contributed by atoms with van der Waals surface area (Å²) in [6.45, 7) is 6.71. The monoisotopic (exact) mass is 264 g/mol. The van der Waals surface area contributed by atoms with Crippen molar-refractivity contribution in [1.29, 1.82) is 0 Å². The summed E-state index contributed by atoms with van der Waals surface area (Å²) in [6.07, 6.45) is 8.02. The van der Waals surface area contributed by atoms with Crippen molar-refractivity contribution in [1.82, 2.24) is 9.55 Å². The molecule has 1 aliphatic rings. The second-order valence-electron chi connectivity index (χ2n) is 6.30. The highest BCUT2D eigenvalue weighted by Gasteiger charge is 2.39. The van der Waals surface area contributed by atoms with Gasteiger partial charge < -0.3 is 9.67 Å². The van der Waals surface area contributed by atoms with Gasteiger partial charge in [0, 0.05) is 18.4 Å². The molecule has 1 N–H and O–H groups in total. The van der Waals surface area contributed by atoms with E-state index in [0.717, 1.165) is 19.3 Å². The average molecular weight is 264 g/mol. The van der Waals surface area contributed by atoms with Crippen LogP contribution in [0, 0.1) is 11.3 Å². The number of hydrogen-bond donors (Lipinski definition) is 1. The summed E-state index contributed by atoms with van der Waals surface area (Å²) in [5, 5.41) is 9.96. The predicted octanol–water partition coefficient (Wildman–Crippen LogP) is 2.38. The minimum absolute atomic E-state index is 0.0708. The van der Waals surface area contributed by atoms with Gasteiger partial charge in [-0.3, -0.25) is 9.78 Å². The number of rotatable bonds is 3. The molecule has 3 unspecified atom stereocenters. The Kier molecular flexibility index (Phi) is 4.09. The summed E-state index contributed by atoms with van der Waals surface area (Å²) in [7, 11) is 0. The second-order valence-corrected chi connectivity index (χ2v) is 6.30. The van der Waals surface area contributed by atoms with Crippen molar-refractivity contribution < 1.29 is 5.11 Å². The van der Waals surface area contributed by atoms with Gasteiger partial charge in [-0.25, -0.2) is 0 Å². The van der Waals surface area contributed by atoms with Crippen molar-refractivity contribution in [3.8, 4) is 0 Å². The van der Waals surface area contributed by atoms with Gasteiger partial charge in [0.1, 0.15) is 0 Å². The van der Waals surface area contributed by atoms with Crippen molar-refractivity contribution in [3.05, 3.63) is 28.9 Å². The van der Waals surface area contributed by atoms with Gasteiger partial charge in [-0.15, -0.1) is 0 Å². The molecule has 1 saturated carbocycles. The van der Waals surface area contributed by atoms with Gasteiger partial charge in [0.2, 0.25) is 0 Å². The van der Waals surface area contributed by atoms with E-state index in [2.05, 4.69) is 25.8 Å². The van der Waals surface area contributed by atoms with Crippen molar-refractivity contribution in [3.63, 3.8) is 0 Å². The van der Waals surface area contributed by atoms with Crippen LogP contribution in [-0.2, 0) is 0 Å². The zero-order valence-electron chi connectivity index (χ0n) is 12.0. The molecule has 0 aromatic carbocycles. The summed E-state index contributed by atoms with van der Waals surface area (Å²) in [4.78, 5) is 15.9. The number of hydrogen-bond acceptors (Lipinski definition) is 3. The highest BCUT2D eigenvalue weighted by atomic mass is 16.3. The molecule has 0 spiro atoms. The molecule has 3 atom stereocenters. The SMILES string of the molecule is CCC(C)(C)C1CCC(O)CC1n1ccncc1=O. The maximum Gasteiger partial charge on any atom is 0.269 e. The molecule has 0 radical (unpaired) electrons. The van der Waals surface area contributed by atoms with Crippen LogP contribution in [0.1, 0.15) is 52.5 Å². The van der Waals surface area contributed by atoms with Gasteiger partial charge in [0.05, 0.1) is 12.3 Å². The lowest BCUT2D eigenvalue weighted by Gasteiger charge is -2.44. The second kappa shape index (κ2) is 5.45. The Labute approximate surface area is 114 Å². The fourth-order valence-corrected chi connectivity index (χ4v) is 3.24. The molecule has 4 nitrogen and oxygen atoms in total. The number of aromatic nitrogens is 2. The molecule has 2 rings (SSSR count). The lowest BCUT2D eigenvalue weighted by molar-refractivity contribution is 0.0203. The van der Waals surface area contributed by atoms with Gasteiger partial charge in [0.15, 0.2) is 0 Å². The van der Waals surface area contributed by atoms with Gasteiger partial charge >= 0.3 is 0 Å². The highest BCUT2D eigenvalue weighted by Crippen LogP contribution is 2.45. The number of nitrogens with zero attached hydrogens (tertiary/aromatic N) is 2. The normalized spacial score (nSPS) is 28.3. The average Bonchev–Trinajstić information content (AvgIpc) is 2.39. The minimum atomic E-state index is -0.297. The molecule has 0 saturated heterocycles. The summed E-state index contributed by atoms with van der Waals surface area (Å²) in [5.74, 6) is 0.418. The fourth-order valence-electron chi connectivity index (χ4n) is 3.24. The molecule has 106 valence electrons. The standard InChI is InChI=1S/C15H24N2O2/c1-4-15(2,3)12-6-5-11(18)9-13(12)17-8-7-16-10-14(17)19/h7-8,10-13,18H,4-6,9H2,1-3H3. The van der Waals surface area contributed by atoms with Gasteiger partial charge in [0.25, 0.3) is 5.56 Å². The molecule has 1 heterocycles. The van der Waals surface area contributed by atoms with E-state index in [1.54, 1.807) is 17.0 Å². The molecule has 19 heavy (non-hydrogen) atoms. The van der Waals surface area contributed by atoms with E-state index in [-0.39, 0.29) is 23.1 Å². The first-order valence-corrected chi connectivity index (χ1v) is 7.16. The Balaban J connectivity index is 2.38. The molecule has 1 aliphatic carbocycles. The third-order valence-corrected chi connectivity index (χ3v) is 4.81. The van der Waals surface area contributed by atoms with Crippen LogP contribution >= 0.6 is 0 Å². The van der Waals surface area contributed by atoms with Gasteiger partial charge in [-0.1, -0.05) is 27.2 Å². The maximum atomic E-state index is 12.0. The quantitative estimate of drug-likeness (QED) is 0.912. The van der Waals surface area contributed by atoms with Crippen molar-refractivity contribution in [2.45, 2.75) is 58.6 Å². The van der Waals surface area contributed by atoms with E-state index in [4.69, 9.17) is 0 Å². The largest absolute Gasteiger partial charge is 0.393 e. The Morgan fingerprint density at radius 1 is 1.47 bits per heavy atom. The van der Waals surface area contributed by atoms with Crippen LogP contribution in [0.5, 0.6) is 0 Å². The molecule has 0 aliphatic heterocycles. The summed E-state index contributed by atoms with van der Waals surface area (Å²) >= 11 is 0. The first-order chi connectivity index (χ1) is 8.95. The molecule has 1 aromatic heterocycles. The zero-order valence-corrected chi connectivity index (χ0v) is 12.0. The molecule has 4 heteroatoms. The summed E-state index contributed by atoms with van der Waals surface area (Å²) < 4.78 is 1.76. The van der Waals surface area contributed by atoms with Crippen LogP contribution in [-0.4, -0.2) is 20.8 Å². The van der Waals surface area contributed by atoms with E-state index in [0.29, 0.717) is 12.3 Å². The van der Waals surface area contributed by atoms with Crippen LogP contribution in [0.4, 0.5) is 0 Å². The third-order valence-electron chi connectivity index (χ3n) is 4.81. The lowest BCUT2D eigenvalue weighted by atomic mass is 9.66. The number of aliphatic hydroxyl groups excluding tert-OH is 1. The molecular weight excluding hydrogens is 240 g/mol. The smallest absolute Gasteiger partial charge is 0.269 e. The lowest BCUT2D eigenvalue weighted by Crippen LogP contribution is -2.41. The van der Waals surface area contributed by atoms with E-state index in [1.165, 1.54) is 6.20 Å². The third kappa shape index (κ3) is 2.89. The van der Waals surface area contributed by atoms with Gasteiger partial charge in [-0.2, -0.15) is 0 Å². The van der Waals surface area contributed by atoms with E-state index >= 15 is 0 Å². The molecule has 0 amide bonds. The Morgan fingerprint density at radius 3 is 2.84 bits per heavy atom. The summed E-state index contributed by atoms with van der Waals surface area (Å²) in [5.41, 5.74) is 0.103. The van der Waals surface area contributed by atoms with Crippen LogP contribution in [0.3, 0.4) is 0 Å².